The van der Waals surface area contributed by atoms with Crippen molar-refractivity contribution in [3.63, 3.8) is 0 Å². The van der Waals surface area contributed by atoms with Crippen LogP contribution in [0.25, 0.3) is 11.2 Å². The third-order valence-electron chi connectivity index (χ3n) is 3.64. The van der Waals surface area contributed by atoms with Gasteiger partial charge in [-0.2, -0.15) is 0 Å². The van der Waals surface area contributed by atoms with Crippen LogP contribution in [-0.4, -0.2) is 25.4 Å². The largest absolute Gasteiger partial charge is 0.305 e. The van der Waals surface area contributed by atoms with Crippen molar-refractivity contribution in [1.82, 2.24) is 19.5 Å². The maximum Gasteiger partial charge on any atom is 0.160 e. The molecule has 3 aromatic rings. The summed E-state index contributed by atoms with van der Waals surface area (Å²) in [4.78, 5) is 13.4. The van der Waals surface area contributed by atoms with Gasteiger partial charge in [-0.1, -0.05) is 0 Å². The van der Waals surface area contributed by atoms with Gasteiger partial charge in [0.1, 0.15) is 11.3 Å². The number of aryl methyl sites for hydroxylation is 2. The van der Waals surface area contributed by atoms with Crippen molar-refractivity contribution in [2.45, 2.75) is 26.3 Å². The zero-order valence-corrected chi connectivity index (χ0v) is 12.9. The summed E-state index contributed by atoms with van der Waals surface area (Å²) in [5, 5.41) is 0. The van der Waals surface area contributed by atoms with Crippen LogP contribution in [0.1, 0.15) is 30.0 Å². The zero-order valence-electron chi connectivity index (χ0n) is 12.1. The first-order valence-electron chi connectivity index (χ1n) is 7.01. The number of halogens is 1. The molecule has 0 spiro atoms. The van der Waals surface area contributed by atoms with Crippen LogP contribution in [0.15, 0.2) is 36.7 Å². The summed E-state index contributed by atoms with van der Waals surface area (Å²) >= 11 is 5.93. The highest BCUT2D eigenvalue weighted by atomic mass is 35.5. The van der Waals surface area contributed by atoms with Crippen LogP contribution in [0.2, 0.25) is 0 Å². The van der Waals surface area contributed by atoms with Gasteiger partial charge in [0.05, 0.1) is 6.04 Å². The Hall–Kier alpha value is -1.94. The molecule has 0 N–H and O–H groups in total. The van der Waals surface area contributed by atoms with Crippen LogP contribution >= 0.6 is 11.6 Å². The summed E-state index contributed by atoms with van der Waals surface area (Å²) in [5.74, 6) is 1.52. The lowest BCUT2D eigenvalue weighted by Crippen LogP contribution is -2.12. The number of imidazole rings is 1. The molecule has 0 aromatic carbocycles. The van der Waals surface area contributed by atoms with Crippen molar-refractivity contribution in [3.8, 4) is 0 Å². The molecular formula is C16H17ClN4. The Morgan fingerprint density at radius 1 is 1.14 bits per heavy atom. The molecule has 4 nitrogen and oxygen atoms in total. The van der Waals surface area contributed by atoms with Crippen LogP contribution in [0.3, 0.4) is 0 Å². The van der Waals surface area contributed by atoms with Crippen LogP contribution in [0.4, 0.5) is 0 Å². The maximum absolute atomic E-state index is 5.93. The second-order valence-corrected chi connectivity index (χ2v) is 5.47. The second kappa shape index (κ2) is 5.82. The van der Waals surface area contributed by atoms with E-state index in [9.17, 15) is 0 Å². The first-order chi connectivity index (χ1) is 10.2. The third-order valence-corrected chi connectivity index (χ3v) is 3.83. The molecule has 108 valence electrons. The van der Waals surface area contributed by atoms with E-state index >= 15 is 0 Å². The monoisotopic (exact) mass is 300 g/mol. The molecule has 0 aliphatic carbocycles. The van der Waals surface area contributed by atoms with Crippen molar-refractivity contribution < 1.29 is 0 Å². The first-order valence-corrected chi connectivity index (χ1v) is 7.54. The molecule has 3 aromatic heterocycles. The number of pyridine rings is 2. The lowest BCUT2D eigenvalue weighted by molar-refractivity contribution is 0.618. The normalized spacial score (nSPS) is 12.7. The van der Waals surface area contributed by atoms with Crippen LogP contribution in [-0.2, 0) is 6.42 Å². The lowest BCUT2D eigenvalue weighted by Gasteiger charge is -2.17. The Labute approximate surface area is 128 Å². The van der Waals surface area contributed by atoms with Crippen molar-refractivity contribution in [1.29, 1.82) is 0 Å². The maximum atomic E-state index is 5.93. The number of alkyl halides is 1. The van der Waals surface area contributed by atoms with E-state index in [-0.39, 0.29) is 6.04 Å². The molecule has 1 atom stereocenters. The highest BCUT2D eigenvalue weighted by molar-refractivity contribution is 6.17. The van der Waals surface area contributed by atoms with Crippen LogP contribution < -0.4 is 0 Å². The van der Waals surface area contributed by atoms with Gasteiger partial charge in [0.2, 0.25) is 0 Å². The van der Waals surface area contributed by atoms with Gasteiger partial charge < -0.3 is 4.57 Å². The van der Waals surface area contributed by atoms with Gasteiger partial charge in [-0.05, 0) is 43.7 Å². The molecule has 0 fully saturated rings. The van der Waals surface area contributed by atoms with Gasteiger partial charge in [0.15, 0.2) is 5.65 Å². The number of rotatable bonds is 4. The highest BCUT2D eigenvalue weighted by Crippen LogP contribution is 2.25. The van der Waals surface area contributed by atoms with Gasteiger partial charge >= 0.3 is 0 Å². The van der Waals surface area contributed by atoms with Crippen molar-refractivity contribution >= 4 is 22.8 Å². The fourth-order valence-electron chi connectivity index (χ4n) is 2.57. The van der Waals surface area contributed by atoms with E-state index in [1.165, 1.54) is 5.56 Å². The van der Waals surface area contributed by atoms with E-state index in [0.717, 1.165) is 29.1 Å². The summed E-state index contributed by atoms with van der Waals surface area (Å²) in [5.41, 5.74) is 4.01. The van der Waals surface area contributed by atoms with Gasteiger partial charge in [0, 0.05) is 30.4 Å². The average Bonchev–Trinajstić information content (AvgIpc) is 2.85. The van der Waals surface area contributed by atoms with Crippen molar-refractivity contribution in [3.05, 3.63) is 53.7 Å². The molecule has 3 rings (SSSR count). The van der Waals surface area contributed by atoms with E-state index in [2.05, 4.69) is 21.5 Å². The molecule has 0 radical (unpaired) electrons. The molecule has 1 unspecified atom stereocenters. The summed E-state index contributed by atoms with van der Waals surface area (Å²) < 4.78 is 2.18. The van der Waals surface area contributed by atoms with E-state index in [4.69, 9.17) is 16.6 Å². The number of nitrogens with zero attached hydrogens (tertiary/aromatic N) is 4. The first kappa shape index (κ1) is 14.0. The molecule has 5 heteroatoms. The molecule has 0 saturated heterocycles. The number of aromatic nitrogens is 4. The van der Waals surface area contributed by atoms with Gasteiger partial charge in [-0.25, -0.2) is 9.97 Å². The predicted molar refractivity (Wildman–Crippen MR) is 84.7 cm³/mol. The standard InChI is InChI=1S/C16H17ClN4/c1-11-3-4-14-16(19-11)21(15(20-14)5-8-17)12(2)13-6-9-18-10-7-13/h3-4,6-7,9-10,12H,5,8H2,1-2H3. The Balaban J connectivity index is 2.18. The fraction of sp³-hybridized carbons (Fsp3) is 0.312. The highest BCUT2D eigenvalue weighted by Gasteiger charge is 2.18. The van der Waals surface area contributed by atoms with Crippen LogP contribution in [0.5, 0.6) is 0 Å². The minimum absolute atomic E-state index is 0.144. The molecular weight excluding hydrogens is 284 g/mol. The molecule has 3 heterocycles. The average molecular weight is 301 g/mol. The molecule has 0 saturated carbocycles. The summed E-state index contributed by atoms with van der Waals surface area (Å²) in [6, 6.07) is 8.20. The number of hydrogen-bond donors (Lipinski definition) is 0. The minimum Gasteiger partial charge on any atom is -0.305 e. The van der Waals surface area contributed by atoms with Gasteiger partial charge in [-0.3, -0.25) is 4.98 Å². The van der Waals surface area contributed by atoms with E-state index < -0.39 is 0 Å². The lowest BCUT2D eigenvalue weighted by atomic mass is 10.1. The Bertz CT molecular complexity index is 752. The summed E-state index contributed by atoms with van der Waals surface area (Å²) in [6.07, 6.45) is 4.35. The van der Waals surface area contributed by atoms with Gasteiger partial charge in [-0.15, -0.1) is 11.6 Å². The SMILES string of the molecule is Cc1ccc2nc(CCCl)n(C(C)c3ccncc3)c2n1. The fourth-order valence-corrected chi connectivity index (χ4v) is 2.74. The Morgan fingerprint density at radius 2 is 1.90 bits per heavy atom. The zero-order chi connectivity index (χ0) is 14.8. The number of fused-ring (bicyclic) bond motifs is 1. The number of hydrogen-bond acceptors (Lipinski definition) is 3. The molecule has 0 amide bonds. The molecule has 0 aliphatic rings. The quantitative estimate of drug-likeness (QED) is 0.692. The predicted octanol–water partition coefficient (Wildman–Crippen LogP) is 3.53. The smallest absolute Gasteiger partial charge is 0.160 e. The Kier molecular flexibility index (Phi) is 3.88. The minimum atomic E-state index is 0.144. The van der Waals surface area contributed by atoms with E-state index in [1.54, 1.807) is 0 Å². The molecule has 21 heavy (non-hydrogen) atoms. The third kappa shape index (κ3) is 2.63. The van der Waals surface area contributed by atoms with Crippen LogP contribution in [0, 0.1) is 6.92 Å². The summed E-state index contributed by atoms with van der Waals surface area (Å²) in [6.45, 7) is 4.15. The molecule has 0 aliphatic heterocycles. The van der Waals surface area contributed by atoms with Crippen molar-refractivity contribution in [2.24, 2.45) is 0 Å². The Morgan fingerprint density at radius 3 is 2.62 bits per heavy atom. The van der Waals surface area contributed by atoms with E-state index in [1.807, 2.05) is 43.6 Å². The molecule has 0 bridgehead atoms. The topological polar surface area (TPSA) is 43.6 Å². The van der Waals surface area contributed by atoms with Crippen molar-refractivity contribution in [2.75, 3.05) is 5.88 Å². The summed E-state index contributed by atoms with van der Waals surface area (Å²) in [7, 11) is 0. The van der Waals surface area contributed by atoms with Gasteiger partial charge in [0.25, 0.3) is 0 Å². The second-order valence-electron chi connectivity index (χ2n) is 5.09. The van der Waals surface area contributed by atoms with E-state index in [0.29, 0.717) is 5.88 Å².